The Morgan fingerprint density at radius 2 is 1.59 bits per heavy atom. The summed E-state index contributed by atoms with van der Waals surface area (Å²) in [6.07, 6.45) is 1.72. The van der Waals surface area contributed by atoms with Crippen molar-refractivity contribution >= 4 is 17.6 Å². The largest absolute Gasteiger partial charge is 0.507 e. The summed E-state index contributed by atoms with van der Waals surface area (Å²) in [4.78, 5) is 12.3. The van der Waals surface area contributed by atoms with Crippen molar-refractivity contribution in [2.24, 2.45) is 0 Å². The third-order valence-corrected chi connectivity index (χ3v) is 4.36. The van der Waals surface area contributed by atoms with Gasteiger partial charge >= 0.3 is 5.97 Å². The van der Waals surface area contributed by atoms with Crippen LogP contribution in [0.2, 0.25) is 0 Å². The quantitative estimate of drug-likeness (QED) is 0.607. The highest BCUT2D eigenvalue weighted by atomic mass is 16.5. The number of nitrogens with zero attached hydrogens (tertiary/aromatic N) is 1. The molecule has 146 valence electrons. The molecule has 1 aromatic heterocycles. The number of phenols is 1. The van der Waals surface area contributed by atoms with Crippen LogP contribution < -0.4 is 0 Å². The van der Waals surface area contributed by atoms with E-state index in [1.807, 2.05) is 53.7 Å². The van der Waals surface area contributed by atoms with Crippen LogP contribution in [0, 0.1) is 6.92 Å². The molecule has 0 saturated heterocycles. The molecule has 0 fully saturated rings. The number of esters is 1. The number of ether oxygens (including phenoxy) is 1. The van der Waals surface area contributed by atoms with Crippen molar-refractivity contribution in [2.75, 3.05) is 7.11 Å². The van der Waals surface area contributed by atoms with Gasteiger partial charge in [-0.15, -0.1) is 0 Å². The van der Waals surface area contributed by atoms with Crippen molar-refractivity contribution in [2.45, 2.75) is 59.3 Å². The third-order valence-electron chi connectivity index (χ3n) is 4.36. The lowest BCUT2D eigenvalue weighted by molar-refractivity contribution is -0.133. The molecule has 0 saturated carbocycles. The van der Waals surface area contributed by atoms with Crippen LogP contribution in [0.25, 0.3) is 11.6 Å². The fourth-order valence-electron chi connectivity index (χ4n) is 2.88. The molecule has 0 atom stereocenters. The Labute approximate surface area is 161 Å². The summed E-state index contributed by atoms with van der Waals surface area (Å²) in [6, 6.07) is 5.49. The van der Waals surface area contributed by atoms with E-state index in [0.29, 0.717) is 17.2 Å². The molecule has 0 amide bonds. The maximum absolute atomic E-state index is 12.3. The zero-order valence-electron chi connectivity index (χ0n) is 17.4. The minimum absolute atomic E-state index is 0.262. The molecule has 0 radical (unpaired) electrons. The average Bonchev–Trinajstić information content (AvgIpc) is 2.97. The molecule has 2 aromatic rings. The average molecular weight is 371 g/mol. The number of hydrogen-bond donors (Lipinski definition) is 1. The van der Waals surface area contributed by atoms with E-state index in [9.17, 15) is 9.90 Å². The van der Waals surface area contributed by atoms with Gasteiger partial charge in [-0.2, -0.15) is 0 Å². The molecule has 5 heteroatoms. The molecular formula is C22H29NO4. The van der Waals surface area contributed by atoms with Gasteiger partial charge in [0.15, 0.2) is 5.76 Å². The van der Waals surface area contributed by atoms with Crippen molar-refractivity contribution in [1.82, 2.24) is 5.16 Å². The van der Waals surface area contributed by atoms with Gasteiger partial charge in [0.05, 0.1) is 12.8 Å². The van der Waals surface area contributed by atoms with Gasteiger partial charge in [0.25, 0.3) is 0 Å². The lowest BCUT2D eigenvalue weighted by atomic mass is 9.78. The van der Waals surface area contributed by atoms with Crippen molar-refractivity contribution in [3.63, 3.8) is 0 Å². The molecule has 0 spiro atoms. The van der Waals surface area contributed by atoms with Crippen LogP contribution in [-0.4, -0.2) is 23.3 Å². The number of carbonyl (C=O) groups is 1. The summed E-state index contributed by atoms with van der Waals surface area (Å²) in [5.41, 5.74) is 2.86. The van der Waals surface area contributed by atoms with Gasteiger partial charge in [0.2, 0.25) is 0 Å². The number of carbonyl (C=O) groups excluding carboxylic acids is 1. The molecule has 2 rings (SSSR count). The number of benzene rings is 1. The molecule has 0 aliphatic rings. The van der Waals surface area contributed by atoms with Crippen molar-refractivity contribution in [3.8, 4) is 5.75 Å². The van der Waals surface area contributed by atoms with E-state index in [0.717, 1.165) is 16.7 Å². The maximum Gasteiger partial charge on any atom is 0.341 e. The number of phenolic OH excluding ortho intramolecular Hbond substituents is 1. The Kier molecular flexibility index (Phi) is 5.55. The first kappa shape index (κ1) is 20.7. The van der Waals surface area contributed by atoms with Crippen LogP contribution in [0.15, 0.2) is 22.7 Å². The third kappa shape index (κ3) is 4.59. The number of aromatic nitrogens is 1. The minimum atomic E-state index is -0.506. The standard InChI is InChI=1S/C22H29NO4/c1-13-9-18(27-23-13)15(20(25)26-8)10-14-11-16(21(2,3)4)19(24)17(12-14)22(5,6)7/h9-12,24H,1-8H3. The first-order valence-corrected chi connectivity index (χ1v) is 8.96. The Balaban J connectivity index is 2.75. The van der Waals surface area contributed by atoms with Gasteiger partial charge in [0, 0.05) is 17.2 Å². The van der Waals surface area contributed by atoms with E-state index in [1.54, 1.807) is 19.1 Å². The second-order valence-corrected chi connectivity index (χ2v) is 8.85. The van der Waals surface area contributed by atoms with E-state index >= 15 is 0 Å². The zero-order valence-corrected chi connectivity index (χ0v) is 17.4. The summed E-state index contributed by atoms with van der Waals surface area (Å²) in [5.74, 6) is 0.137. The van der Waals surface area contributed by atoms with E-state index < -0.39 is 5.97 Å². The fourth-order valence-corrected chi connectivity index (χ4v) is 2.88. The Morgan fingerprint density at radius 3 is 1.96 bits per heavy atom. The fraction of sp³-hybridized carbons (Fsp3) is 0.455. The zero-order chi connectivity index (χ0) is 20.6. The van der Waals surface area contributed by atoms with E-state index in [4.69, 9.17) is 9.26 Å². The molecule has 27 heavy (non-hydrogen) atoms. The molecule has 0 unspecified atom stereocenters. The minimum Gasteiger partial charge on any atom is -0.507 e. The SMILES string of the molecule is COC(=O)C(=Cc1cc(C(C)(C)C)c(O)c(C(C)(C)C)c1)c1cc(C)no1. The molecular weight excluding hydrogens is 342 g/mol. The summed E-state index contributed by atoms with van der Waals surface area (Å²) in [7, 11) is 1.33. The van der Waals surface area contributed by atoms with Crippen LogP contribution in [0.3, 0.4) is 0 Å². The van der Waals surface area contributed by atoms with Gasteiger partial charge in [0.1, 0.15) is 11.3 Å². The summed E-state index contributed by atoms with van der Waals surface area (Å²) in [5, 5.41) is 14.7. The lowest BCUT2D eigenvalue weighted by Crippen LogP contribution is -2.17. The Hall–Kier alpha value is -2.56. The van der Waals surface area contributed by atoms with E-state index in [-0.39, 0.29) is 16.4 Å². The van der Waals surface area contributed by atoms with Crippen LogP contribution in [-0.2, 0) is 20.4 Å². The number of aromatic hydroxyl groups is 1. The highest BCUT2D eigenvalue weighted by molar-refractivity contribution is 6.20. The maximum atomic E-state index is 12.3. The second-order valence-electron chi connectivity index (χ2n) is 8.85. The van der Waals surface area contributed by atoms with Crippen LogP contribution >= 0.6 is 0 Å². The van der Waals surface area contributed by atoms with Gasteiger partial charge in [-0.3, -0.25) is 0 Å². The molecule has 1 heterocycles. The summed E-state index contributed by atoms with van der Waals surface area (Å²) < 4.78 is 10.2. The lowest BCUT2D eigenvalue weighted by Gasteiger charge is -2.28. The van der Waals surface area contributed by atoms with Gasteiger partial charge in [-0.05, 0) is 41.5 Å². The van der Waals surface area contributed by atoms with Gasteiger partial charge < -0.3 is 14.4 Å². The number of rotatable bonds is 3. The molecule has 0 aliphatic carbocycles. The summed E-state index contributed by atoms with van der Waals surface area (Å²) in [6.45, 7) is 14.1. The summed E-state index contributed by atoms with van der Waals surface area (Å²) >= 11 is 0. The first-order chi connectivity index (χ1) is 12.3. The highest BCUT2D eigenvalue weighted by Crippen LogP contribution is 2.40. The van der Waals surface area contributed by atoms with Gasteiger partial charge in [-0.25, -0.2) is 4.79 Å². The molecule has 1 N–H and O–H groups in total. The Morgan fingerprint density at radius 1 is 1.07 bits per heavy atom. The predicted molar refractivity (Wildman–Crippen MR) is 107 cm³/mol. The Bertz CT molecular complexity index is 841. The number of methoxy groups -OCH3 is 1. The van der Waals surface area contributed by atoms with E-state index in [1.165, 1.54) is 7.11 Å². The molecule has 1 aromatic carbocycles. The monoisotopic (exact) mass is 371 g/mol. The normalized spacial score (nSPS) is 13.0. The van der Waals surface area contributed by atoms with E-state index in [2.05, 4.69) is 5.16 Å². The molecule has 5 nitrogen and oxygen atoms in total. The predicted octanol–water partition coefficient (Wildman–Crippen LogP) is 5.00. The van der Waals surface area contributed by atoms with Gasteiger partial charge in [-0.1, -0.05) is 46.7 Å². The highest BCUT2D eigenvalue weighted by Gasteiger charge is 2.27. The molecule has 0 aliphatic heterocycles. The topological polar surface area (TPSA) is 72.6 Å². The van der Waals surface area contributed by atoms with Crippen LogP contribution in [0.1, 0.15) is 69.7 Å². The number of aryl methyl sites for hydroxylation is 1. The van der Waals surface area contributed by atoms with Crippen molar-refractivity contribution in [1.29, 1.82) is 0 Å². The van der Waals surface area contributed by atoms with Crippen molar-refractivity contribution < 1.29 is 19.2 Å². The van der Waals surface area contributed by atoms with Crippen LogP contribution in [0.5, 0.6) is 5.75 Å². The second kappa shape index (κ2) is 7.22. The van der Waals surface area contributed by atoms with Crippen LogP contribution in [0.4, 0.5) is 0 Å². The molecule has 0 bridgehead atoms. The smallest absolute Gasteiger partial charge is 0.341 e. The first-order valence-electron chi connectivity index (χ1n) is 8.96. The number of hydrogen-bond acceptors (Lipinski definition) is 5. The van der Waals surface area contributed by atoms with Crippen molar-refractivity contribution in [3.05, 3.63) is 46.3 Å².